The number of amides is 1. The van der Waals surface area contributed by atoms with Crippen LogP contribution < -0.4 is 14.8 Å². The number of imidazole rings is 1. The molecule has 0 radical (unpaired) electrons. The molecule has 1 fully saturated rings. The zero-order valence-electron chi connectivity index (χ0n) is 32.8. The zero-order chi connectivity index (χ0) is 39.7. The quantitative estimate of drug-likeness (QED) is 0.0935. The van der Waals surface area contributed by atoms with Crippen molar-refractivity contribution >= 4 is 31.2 Å². The van der Waals surface area contributed by atoms with Crippen molar-refractivity contribution in [3.63, 3.8) is 0 Å². The molecule has 7 rings (SSSR count). The number of ether oxygens (including phenoxy) is 3. The van der Waals surface area contributed by atoms with Crippen LogP contribution in [0, 0.1) is 0 Å². The van der Waals surface area contributed by atoms with Gasteiger partial charge in [-0.3, -0.25) is 4.79 Å². The number of aliphatic hydroxyl groups is 1. The Morgan fingerprint density at radius 1 is 0.786 bits per heavy atom. The minimum atomic E-state index is -2.49. The minimum Gasteiger partial charge on any atom is -0.497 e. The van der Waals surface area contributed by atoms with Crippen molar-refractivity contribution in [2.75, 3.05) is 19.5 Å². The van der Waals surface area contributed by atoms with E-state index in [4.69, 9.17) is 18.6 Å². The summed E-state index contributed by atoms with van der Waals surface area (Å²) in [5, 5.41) is 15.2. The molecule has 12 heteroatoms. The summed E-state index contributed by atoms with van der Waals surface area (Å²) in [5.41, 5.74) is 2.87. The largest absolute Gasteiger partial charge is 0.497 e. The first kappa shape index (κ1) is 38.9. The van der Waals surface area contributed by atoms with Crippen molar-refractivity contribution in [2.24, 2.45) is 0 Å². The zero-order valence-corrected chi connectivity index (χ0v) is 33.8. The lowest BCUT2D eigenvalue weighted by Gasteiger charge is -2.43. The van der Waals surface area contributed by atoms with Gasteiger partial charge in [0.25, 0.3) is 5.91 Å². The van der Waals surface area contributed by atoms with Gasteiger partial charge >= 0.3 is 0 Å². The van der Waals surface area contributed by atoms with E-state index >= 15 is 0 Å². The number of aliphatic hydroxyl groups excluding tert-OH is 1. The molecule has 6 aromatic rings. The van der Waals surface area contributed by atoms with E-state index in [1.165, 1.54) is 6.33 Å². The second-order valence-electron chi connectivity index (χ2n) is 15.7. The molecule has 4 aromatic carbocycles. The Morgan fingerprint density at radius 2 is 1.34 bits per heavy atom. The summed E-state index contributed by atoms with van der Waals surface area (Å²) in [6.07, 6.45) is 1.05. The number of nitrogens with one attached hydrogen (secondary N) is 1. The predicted octanol–water partition coefficient (Wildman–Crippen LogP) is 8.17. The van der Waals surface area contributed by atoms with Crippen LogP contribution in [0.5, 0.6) is 11.5 Å². The monoisotopic (exact) mass is 771 g/mol. The second-order valence-corrected chi connectivity index (χ2v) is 20.4. The lowest BCUT2D eigenvalue weighted by Crippen LogP contribution is -2.51. The first-order valence-corrected chi connectivity index (χ1v) is 21.7. The van der Waals surface area contributed by atoms with E-state index in [9.17, 15) is 9.90 Å². The van der Waals surface area contributed by atoms with Gasteiger partial charge in [-0.15, -0.1) is 0 Å². The van der Waals surface area contributed by atoms with Gasteiger partial charge in [0.2, 0.25) is 0 Å². The maximum atomic E-state index is 13.1. The molecule has 4 atom stereocenters. The number of nitrogens with zero attached hydrogens (tertiary/aromatic N) is 4. The number of hydrogen-bond acceptors (Lipinski definition) is 9. The number of aromatic nitrogens is 4. The van der Waals surface area contributed by atoms with E-state index in [1.807, 2.05) is 77.4 Å². The maximum Gasteiger partial charge on any atom is 0.256 e. The number of carbonyl (C=O) groups is 1. The van der Waals surface area contributed by atoms with Gasteiger partial charge in [0, 0.05) is 5.56 Å². The van der Waals surface area contributed by atoms with Gasteiger partial charge in [-0.05, 0) is 77.6 Å². The van der Waals surface area contributed by atoms with Crippen LogP contribution in [0.25, 0.3) is 11.2 Å². The van der Waals surface area contributed by atoms with Crippen LogP contribution in [0.15, 0.2) is 122 Å². The normalized spacial score (nSPS) is 18.9. The predicted molar refractivity (Wildman–Crippen MR) is 219 cm³/mol. The van der Waals surface area contributed by atoms with Crippen LogP contribution in [0.1, 0.15) is 60.3 Å². The van der Waals surface area contributed by atoms with Gasteiger partial charge in [-0.1, -0.05) is 93.6 Å². The molecule has 1 amide bonds. The fourth-order valence-corrected chi connectivity index (χ4v) is 8.54. The molecular formula is C44H49N5O6Si. The van der Waals surface area contributed by atoms with E-state index in [-0.39, 0.29) is 16.8 Å². The molecule has 2 heterocycles. The van der Waals surface area contributed by atoms with Crippen molar-refractivity contribution < 1.29 is 28.5 Å². The van der Waals surface area contributed by atoms with Gasteiger partial charge < -0.3 is 33.6 Å². The summed E-state index contributed by atoms with van der Waals surface area (Å²) >= 11 is 0. The third-order valence-corrected chi connectivity index (χ3v) is 15.8. The standard InChI is InChI=1S/C44H49N5O6Si/c1-43(2,3)56(6,7)55-39-36(26-35(38(39)50)49-28-47-37-40(45-27-46-41(37)49)48-42(51)29-14-10-8-11-15-29)54-44(30-16-12-9-13-17-30,31-18-22-33(52-4)23-19-31)32-20-24-34(53-5)25-21-32/h8-25,27-28,35-36,38-39,50H,26H2,1-7H3,(H,45,46,48,51)/t35-,36+,38+,39-/m1/s1. The highest BCUT2D eigenvalue weighted by atomic mass is 28.4. The molecule has 0 saturated heterocycles. The first-order chi connectivity index (χ1) is 26.9. The molecule has 11 nitrogen and oxygen atoms in total. The van der Waals surface area contributed by atoms with E-state index < -0.39 is 38.3 Å². The van der Waals surface area contributed by atoms with Crippen molar-refractivity contribution in [2.45, 2.75) is 75.3 Å². The third kappa shape index (κ3) is 7.32. The minimum absolute atomic E-state index is 0.154. The molecular weight excluding hydrogens is 723 g/mol. The van der Waals surface area contributed by atoms with Crippen LogP contribution in [0.4, 0.5) is 5.82 Å². The Bertz CT molecular complexity index is 2210. The Morgan fingerprint density at radius 3 is 1.89 bits per heavy atom. The van der Waals surface area contributed by atoms with Crippen LogP contribution in [0.3, 0.4) is 0 Å². The highest BCUT2D eigenvalue weighted by Gasteiger charge is 2.53. The number of methoxy groups -OCH3 is 2. The van der Waals surface area contributed by atoms with Gasteiger partial charge in [-0.2, -0.15) is 0 Å². The van der Waals surface area contributed by atoms with E-state index in [1.54, 1.807) is 44.8 Å². The Balaban J connectivity index is 1.35. The SMILES string of the molecule is COc1ccc(C(O[C@H]2C[C@@H](n3cnc4c(NC(=O)c5ccccc5)ncnc43)[C@H](O)[C@@H]2O[Si](C)(C)C(C)(C)C)(c2ccccc2)c2ccc(OC)cc2)cc1. The number of anilines is 1. The molecule has 0 bridgehead atoms. The second kappa shape index (κ2) is 15.6. The fraction of sp³-hybridized carbons (Fsp3) is 0.318. The number of rotatable bonds is 12. The molecule has 1 saturated carbocycles. The third-order valence-electron chi connectivity index (χ3n) is 11.3. The van der Waals surface area contributed by atoms with Crippen molar-refractivity contribution in [3.8, 4) is 11.5 Å². The van der Waals surface area contributed by atoms with Crippen molar-refractivity contribution in [1.82, 2.24) is 19.5 Å². The van der Waals surface area contributed by atoms with Crippen LogP contribution in [-0.4, -0.2) is 71.4 Å². The Labute approximate surface area is 328 Å². The summed E-state index contributed by atoms with van der Waals surface area (Å²) in [6, 6.07) is 34.3. The molecule has 1 aliphatic rings. The Hall–Kier alpha value is -5.40. The summed E-state index contributed by atoms with van der Waals surface area (Å²) in [7, 11) is 0.802. The summed E-state index contributed by atoms with van der Waals surface area (Å²) in [5.74, 6) is 1.40. The molecule has 1 aliphatic carbocycles. The number of carbonyl (C=O) groups excluding carboxylic acids is 1. The van der Waals surface area contributed by atoms with E-state index in [2.05, 4.69) is 66.3 Å². The molecule has 56 heavy (non-hydrogen) atoms. The average Bonchev–Trinajstić information content (AvgIpc) is 3.77. The Kier molecular flexibility index (Phi) is 10.8. The number of benzene rings is 4. The highest BCUT2D eigenvalue weighted by Crippen LogP contribution is 2.49. The topological polar surface area (TPSA) is 130 Å². The van der Waals surface area contributed by atoms with Gasteiger partial charge in [0.15, 0.2) is 25.3 Å². The van der Waals surface area contributed by atoms with Gasteiger partial charge in [0.05, 0.1) is 38.8 Å². The molecule has 0 unspecified atom stereocenters. The summed E-state index contributed by atoms with van der Waals surface area (Å²) in [4.78, 5) is 26.8. The van der Waals surface area contributed by atoms with Crippen LogP contribution >= 0.6 is 0 Å². The average molecular weight is 772 g/mol. The fourth-order valence-electron chi connectivity index (χ4n) is 7.22. The van der Waals surface area contributed by atoms with Crippen molar-refractivity contribution in [3.05, 3.63) is 144 Å². The summed E-state index contributed by atoms with van der Waals surface area (Å²) in [6.45, 7) is 10.9. The van der Waals surface area contributed by atoms with Crippen LogP contribution in [-0.2, 0) is 14.8 Å². The van der Waals surface area contributed by atoms with E-state index in [0.717, 1.165) is 16.7 Å². The van der Waals surface area contributed by atoms with Gasteiger partial charge in [0.1, 0.15) is 29.5 Å². The summed E-state index contributed by atoms with van der Waals surface area (Å²) < 4.78 is 27.8. The number of fused-ring (bicyclic) bond motifs is 1. The lowest BCUT2D eigenvalue weighted by molar-refractivity contribution is -0.102. The smallest absolute Gasteiger partial charge is 0.256 e. The van der Waals surface area contributed by atoms with E-state index in [0.29, 0.717) is 34.6 Å². The molecule has 290 valence electrons. The maximum absolute atomic E-state index is 13.1. The molecule has 0 spiro atoms. The lowest BCUT2D eigenvalue weighted by atomic mass is 9.79. The molecule has 0 aliphatic heterocycles. The number of hydrogen-bond donors (Lipinski definition) is 2. The van der Waals surface area contributed by atoms with Crippen LogP contribution in [0.2, 0.25) is 18.1 Å². The molecule has 2 aromatic heterocycles. The highest BCUT2D eigenvalue weighted by molar-refractivity contribution is 6.74. The van der Waals surface area contributed by atoms with Crippen molar-refractivity contribution in [1.29, 1.82) is 0 Å². The van der Waals surface area contributed by atoms with Gasteiger partial charge in [-0.25, -0.2) is 15.0 Å². The first-order valence-electron chi connectivity index (χ1n) is 18.8. The molecule has 2 N–H and O–H groups in total.